The number of rotatable bonds is 7. The summed E-state index contributed by atoms with van der Waals surface area (Å²) in [5.41, 5.74) is 1.06. The highest BCUT2D eigenvalue weighted by Gasteiger charge is 2.33. The zero-order chi connectivity index (χ0) is 16.2. The lowest BCUT2D eigenvalue weighted by molar-refractivity contribution is -0.116. The molecule has 0 spiro atoms. The van der Waals surface area contributed by atoms with Crippen LogP contribution < -0.4 is 10.2 Å². The molecule has 3 rings (SSSR count). The van der Waals surface area contributed by atoms with Gasteiger partial charge in [-0.05, 0) is 32.1 Å². The van der Waals surface area contributed by atoms with Crippen molar-refractivity contribution in [3.05, 3.63) is 11.1 Å². The standard InChI is InChI=1S/C18H29N3OS/c1-13(10-15-6-4-3-5-7-15)19-11-16-12-23-18(20-16)21(14(2)22)17-8-9-17/h12-13,15,17,19H,3-11H2,1-2H3/t13-/m1/s1. The molecular formula is C18H29N3OS. The molecule has 1 N–H and O–H groups in total. The third-order valence-corrected chi connectivity index (χ3v) is 5.93. The number of thiazole rings is 1. The predicted octanol–water partition coefficient (Wildman–Crippen LogP) is 4.11. The Morgan fingerprint density at radius 3 is 2.74 bits per heavy atom. The lowest BCUT2D eigenvalue weighted by Crippen LogP contribution is -2.31. The van der Waals surface area contributed by atoms with E-state index in [1.165, 1.54) is 38.5 Å². The summed E-state index contributed by atoms with van der Waals surface area (Å²) in [5, 5.41) is 6.58. The average molecular weight is 336 g/mol. The maximum absolute atomic E-state index is 11.8. The van der Waals surface area contributed by atoms with Gasteiger partial charge in [0.1, 0.15) is 0 Å². The summed E-state index contributed by atoms with van der Waals surface area (Å²) in [6.07, 6.45) is 10.6. The van der Waals surface area contributed by atoms with Crippen LogP contribution in [0, 0.1) is 5.92 Å². The van der Waals surface area contributed by atoms with Crippen molar-refractivity contribution in [1.29, 1.82) is 0 Å². The number of aromatic nitrogens is 1. The summed E-state index contributed by atoms with van der Waals surface area (Å²) < 4.78 is 0. The molecule has 0 aliphatic heterocycles. The van der Waals surface area contributed by atoms with Gasteiger partial charge in [0, 0.05) is 30.9 Å². The lowest BCUT2D eigenvalue weighted by Gasteiger charge is -2.25. The van der Waals surface area contributed by atoms with Crippen LogP contribution in [0.4, 0.5) is 5.13 Å². The summed E-state index contributed by atoms with van der Waals surface area (Å²) >= 11 is 1.60. The van der Waals surface area contributed by atoms with Gasteiger partial charge in [-0.25, -0.2) is 4.98 Å². The average Bonchev–Trinajstić information content (AvgIpc) is 3.24. The fraction of sp³-hybridized carbons (Fsp3) is 0.778. The second kappa shape index (κ2) is 7.75. The first kappa shape index (κ1) is 16.9. The predicted molar refractivity (Wildman–Crippen MR) is 95.8 cm³/mol. The molecule has 1 amide bonds. The smallest absolute Gasteiger partial charge is 0.225 e. The number of amides is 1. The molecule has 5 heteroatoms. The van der Waals surface area contributed by atoms with Gasteiger partial charge in [0.05, 0.1) is 5.69 Å². The molecule has 2 saturated carbocycles. The molecule has 2 fully saturated rings. The lowest BCUT2D eigenvalue weighted by atomic mass is 9.85. The van der Waals surface area contributed by atoms with E-state index in [-0.39, 0.29) is 5.91 Å². The minimum Gasteiger partial charge on any atom is -0.309 e. The van der Waals surface area contributed by atoms with Gasteiger partial charge in [-0.1, -0.05) is 32.1 Å². The highest BCUT2D eigenvalue weighted by Crippen LogP contribution is 2.33. The third-order valence-electron chi connectivity index (χ3n) is 5.04. The van der Waals surface area contributed by atoms with Crippen LogP contribution in [0.5, 0.6) is 0 Å². The summed E-state index contributed by atoms with van der Waals surface area (Å²) in [6, 6.07) is 0.931. The van der Waals surface area contributed by atoms with Gasteiger partial charge in [-0.15, -0.1) is 11.3 Å². The van der Waals surface area contributed by atoms with Crippen molar-refractivity contribution < 1.29 is 4.79 Å². The van der Waals surface area contributed by atoms with Crippen LogP contribution in [-0.4, -0.2) is 23.0 Å². The molecule has 2 aliphatic rings. The zero-order valence-corrected chi connectivity index (χ0v) is 15.2. The van der Waals surface area contributed by atoms with E-state index in [1.807, 2.05) is 4.90 Å². The molecular weight excluding hydrogens is 306 g/mol. The van der Waals surface area contributed by atoms with Crippen molar-refractivity contribution in [3.8, 4) is 0 Å². The van der Waals surface area contributed by atoms with E-state index in [9.17, 15) is 4.79 Å². The maximum atomic E-state index is 11.8. The third kappa shape index (κ3) is 4.77. The molecule has 0 bridgehead atoms. The van der Waals surface area contributed by atoms with Crippen LogP contribution in [-0.2, 0) is 11.3 Å². The monoisotopic (exact) mass is 335 g/mol. The number of nitrogens with one attached hydrogen (secondary N) is 1. The van der Waals surface area contributed by atoms with Gasteiger partial charge in [0.25, 0.3) is 0 Å². The van der Waals surface area contributed by atoms with Crippen molar-refractivity contribution >= 4 is 22.4 Å². The van der Waals surface area contributed by atoms with Gasteiger partial charge in [-0.2, -0.15) is 0 Å². The second-order valence-electron chi connectivity index (χ2n) is 7.26. The minimum atomic E-state index is 0.118. The first-order valence-electron chi connectivity index (χ1n) is 9.11. The van der Waals surface area contributed by atoms with Crippen molar-refractivity contribution in [2.75, 3.05) is 4.90 Å². The molecule has 1 aromatic rings. The molecule has 0 saturated heterocycles. The molecule has 128 valence electrons. The molecule has 0 aromatic carbocycles. The molecule has 1 aromatic heterocycles. The van der Waals surface area contributed by atoms with E-state index in [1.54, 1.807) is 18.3 Å². The Kier molecular flexibility index (Phi) is 5.70. The normalized spacial score (nSPS) is 20.4. The Balaban J connectivity index is 1.47. The van der Waals surface area contributed by atoms with Gasteiger partial charge in [-0.3, -0.25) is 9.69 Å². The highest BCUT2D eigenvalue weighted by molar-refractivity contribution is 7.14. The summed E-state index contributed by atoms with van der Waals surface area (Å²) in [4.78, 5) is 18.3. The van der Waals surface area contributed by atoms with Gasteiger partial charge in [0.15, 0.2) is 5.13 Å². The quantitative estimate of drug-likeness (QED) is 0.815. The topological polar surface area (TPSA) is 45.2 Å². The van der Waals surface area contributed by atoms with E-state index >= 15 is 0 Å². The van der Waals surface area contributed by atoms with Crippen LogP contribution in [0.15, 0.2) is 5.38 Å². The fourth-order valence-corrected chi connectivity index (χ4v) is 4.59. The minimum absolute atomic E-state index is 0.118. The maximum Gasteiger partial charge on any atom is 0.225 e. The van der Waals surface area contributed by atoms with Gasteiger partial charge in [0.2, 0.25) is 5.91 Å². The summed E-state index contributed by atoms with van der Waals surface area (Å²) in [5.74, 6) is 1.02. The summed E-state index contributed by atoms with van der Waals surface area (Å²) in [7, 11) is 0. The van der Waals surface area contributed by atoms with E-state index < -0.39 is 0 Å². The molecule has 1 atom stereocenters. The van der Waals surface area contributed by atoms with Crippen molar-refractivity contribution in [3.63, 3.8) is 0 Å². The number of nitrogens with zero attached hydrogens (tertiary/aromatic N) is 2. The number of carbonyl (C=O) groups excluding carboxylic acids is 1. The number of anilines is 1. The first-order chi connectivity index (χ1) is 11.1. The number of hydrogen-bond acceptors (Lipinski definition) is 4. The van der Waals surface area contributed by atoms with E-state index in [0.717, 1.165) is 36.1 Å². The van der Waals surface area contributed by atoms with Crippen LogP contribution in [0.1, 0.15) is 70.9 Å². The molecule has 0 radical (unpaired) electrons. The molecule has 4 nitrogen and oxygen atoms in total. The Bertz CT molecular complexity index is 520. The number of carbonyl (C=O) groups is 1. The van der Waals surface area contributed by atoms with Crippen LogP contribution >= 0.6 is 11.3 Å². The second-order valence-corrected chi connectivity index (χ2v) is 8.10. The highest BCUT2D eigenvalue weighted by atomic mass is 32.1. The Labute approximate surface area is 143 Å². The van der Waals surface area contributed by atoms with E-state index in [0.29, 0.717) is 12.1 Å². The fourth-order valence-electron chi connectivity index (χ4n) is 3.65. The van der Waals surface area contributed by atoms with Crippen molar-refractivity contribution in [1.82, 2.24) is 10.3 Å². The van der Waals surface area contributed by atoms with Crippen LogP contribution in [0.25, 0.3) is 0 Å². The molecule has 0 unspecified atom stereocenters. The van der Waals surface area contributed by atoms with Crippen molar-refractivity contribution in [2.24, 2.45) is 5.92 Å². The Hall–Kier alpha value is -0.940. The molecule has 2 aliphatic carbocycles. The molecule has 1 heterocycles. The number of hydrogen-bond donors (Lipinski definition) is 1. The first-order valence-corrected chi connectivity index (χ1v) is 9.99. The summed E-state index contributed by atoms with van der Waals surface area (Å²) in [6.45, 7) is 4.73. The van der Waals surface area contributed by atoms with E-state index in [4.69, 9.17) is 0 Å². The SMILES string of the molecule is CC(=O)N(c1nc(CN[C@H](C)CC2CCCCC2)cs1)C1CC1. The zero-order valence-electron chi connectivity index (χ0n) is 14.4. The molecule has 23 heavy (non-hydrogen) atoms. The van der Waals surface area contributed by atoms with Crippen LogP contribution in [0.3, 0.4) is 0 Å². The van der Waals surface area contributed by atoms with Crippen molar-refractivity contribution in [2.45, 2.75) is 83.8 Å². The largest absolute Gasteiger partial charge is 0.309 e. The Morgan fingerprint density at radius 1 is 1.35 bits per heavy atom. The Morgan fingerprint density at radius 2 is 2.09 bits per heavy atom. The van der Waals surface area contributed by atoms with Gasteiger partial charge < -0.3 is 5.32 Å². The van der Waals surface area contributed by atoms with Crippen LogP contribution in [0.2, 0.25) is 0 Å². The van der Waals surface area contributed by atoms with E-state index in [2.05, 4.69) is 22.6 Å². The van der Waals surface area contributed by atoms with Gasteiger partial charge >= 0.3 is 0 Å².